The molecule has 0 saturated carbocycles. The SMILES string of the molecule is COC1=CC(OCc2coc(C)n2)=CCC1c1nc(-c2ccc(Cl)nc2)[nH]c1Cl. The van der Waals surface area contributed by atoms with Gasteiger partial charge in [-0.05, 0) is 24.6 Å². The Kier molecular flexibility index (Phi) is 5.60. The summed E-state index contributed by atoms with van der Waals surface area (Å²) in [4.78, 5) is 16.1. The monoisotopic (exact) mass is 432 g/mol. The third-order valence-electron chi connectivity index (χ3n) is 4.49. The molecule has 0 amide bonds. The van der Waals surface area contributed by atoms with E-state index in [9.17, 15) is 0 Å². The number of imidazole rings is 1. The minimum Gasteiger partial charge on any atom is -0.500 e. The number of rotatable bonds is 6. The fourth-order valence-electron chi connectivity index (χ4n) is 3.08. The molecule has 0 saturated heterocycles. The zero-order chi connectivity index (χ0) is 20.4. The van der Waals surface area contributed by atoms with Crippen LogP contribution in [0.2, 0.25) is 10.3 Å². The standard InChI is InChI=1S/C20H18Cl2N4O3/c1-11-24-13(9-28-11)10-29-14-4-5-15(16(7-14)27-2)18-19(22)26-20(25-18)12-3-6-17(21)23-8-12/h3-4,6-9,15H,5,10H2,1-2H3,(H,25,26). The lowest BCUT2D eigenvalue weighted by Gasteiger charge is -2.21. The quantitative estimate of drug-likeness (QED) is 0.539. The zero-order valence-electron chi connectivity index (χ0n) is 15.8. The number of pyridine rings is 1. The molecule has 0 bridgehead atoms. The van der Waals surface area contributed by atoms with Crippen LogP contribution < -0.4 is 0 Å². The Hall–Kier alpha value is -2.77. The second-order valence-corrected chi connectivity index (χ2v) is 7.21. The van der Waals surface area contributed by atoms with E-state index in [0.29, 0.717) is 52.3 Å². The van der Waals surface area contributed by atoms with Gasteiger partial charge in [-0.1, -0.05) is 23.2 Å². The summed E-state index contributed by atoms with van der Waals surface area (Å²) < 4.78 is 16.6. The Labute approximate surface area is 177 Å². The summed E-state index contributed by atoms with van der Waals surface area (Å²) in [7, 11) is 1.62. The Bertz CT molecular complexity index is 1070. The van der Waals surface area contributed by atoms with Gasteiger partial charge in [0.25, 0.3) is 0 Å². The van der Waals surface area contributed by atoms with Crippen molar-refractivity contribution >= 4 is 23.2 Å². The van der Waals surface area contributed by atoms with Gasteiger partial charge in [-0.25, -0.2) is 15.0 Å². The largest absolute Gasteiger partial charge is 0.500 e. The number of hydrogen-bond donors (Lipinski definition) is 1. The first-order chi connectivity index (χ1) is 14.0. The minimum atomic E-state index is -0.126. The fourth-order valence-corrected chi connectivity index (χ4v) is 3.45. The van der Waals surface area contributed by atoms with E-state index in [4.69, 9.17) is 37.1 Å². The highest BCUT2D eigenvalue weighted by molar-refractivity contribution is 6.30. The maximum atomic E-state index is 6.44. The van der Waals surface area contributed by atoms with Crippen molar-refractivity contribution in [2.24, 2.45) is 0 Å². The molecule has 1 unspecified atom stereocenters. The van der Waals surface area contributed by atoms with Crippen LogP contribution in [0.5, 0.6) is 0 Å². The molecule has 3 aromatic heterocycles. The molecule has 150 valence electrons. The van der Waals surface area contributed by atoms with E-state index in [0.717, 1.165) is 11.3 Å². The lowest BCUT2D eigenvalue weighted by Crippen LogP contribution is -2.10. The van der Waals surface area contributed by atoms with Crippen molar-refractivity contribution < 1.29 is 13.9 Å². The number of aromatic amines is 1. The number of nitrogens with one attached hydrogen (secondary N) is 1. The van der Waals surface area contributed by atoms with Gasteiger partial charge in [0.2, 0.25) is 0 Å². The van der Waals surface area contributed by atoms with Gasteiger partial charge in [0.1, 0.15) is 46.2 Å². The van der Waals surface area contributed by atoms with Crippen molar-refractivity contribution in [3.8, 4) is 11.4 Å². The highest BCUT2D eigenvalue weighted by Crippen LogP contribution is 2.37. The molecule has 0 radical (unpaired) electrons. The van der Waals surface area contributed by atoms with Crippen LogP contribution >= 0.6 is 23.2 Å². The lowest BCUT2D eigenvalue weighted by atomic mass is 9.94. The molecule has 1 aliphatic carbocycles. The van der Waals surface area contributed by atoms with Gasteiger partial charge >= 0.3 is 0 Å². The van der Waals surface area contributed by atoms with Crippen LogP contribution in [0, 0.1) is 6.92 Å². The number of hydrogen-bond acceptors (Lipinski definition) is 6. The summed E-state index contributed by atoms with van der Waals surface area (Å²) in [6.07, 6.45) is 7.69. The molecule has 3 heterocycles. The predicted octanol–water partition coefficient (Wildman–Crippen LogP) is 5.19. The molecule has 1 N–H and O–H groups in total. The summed E-state index contributed by atoms with van der Waals surface area (Å²) in [5, 5.41) is 0.876. The van der Waals surface area contributed by atoms with Gasteiger partial charge in [0.15, 0.2) is 5.89 Å². The van der Waals surface area contributed by atoms with Crippen molar-refractivity contribution in [3.05, 3.63) is 75.8 Å². The van der Waals surface area contributed by atoms with Gasteiger partial charge in [0, 0.05) is 24.8 Å². The van der Waals surface area contributed by atoms with Crippen LogP contribution in [0.3, 0.4) is 0 Å². The maximum absolute atomic E-state index is 6.44. The number of aromatic nitrogens is 4. The average Bonchev–Trinajstić information content (AvgIpc) is 3.32. The lowest BCUT2D eigenvalue weighted by molar-refractivity contribution is 0.194. The molecule has 4 rings (SSSR count). The van der Waals surface area contributed by atoms with Crippen molar-refractivity contribution in [2.45, 2.75) is 25.9 Å². The summed E-state index contributed by atoms with van der Waals surface area (Å²) in [5.74, 6) is 2.52. The van der Waals surface area contributed by atoms with Crippen LogP contribution in [0.15, 0.2) is 52.7 Å². The maximum Gasteiger partial charge on any atom is 0.191 e. The summed E-state index contributed by atoms with van der Waals surface area (Å²) in [5.41, 5.74) is 2.23. The van der Waals surface area contributed by atoms with Gasteiger partial charge in [-0.2, -0.15) is 0 Å². The summed E-state index contributed by atoms with van der Waals surface area (Å²) in [6, 6.07) is 3.54. The van der Waals surface area contributed by atoms with E-state index in [2.05, 4.69) is 19.9 Å². The highest BCUT2D eigenvalue weighted by atomic mass is 35.5. The third-order valence-corrected chi connectivity index (χ3v) is 5.00. The van der Waals surface area contributed by atoms with E-state index in [1.807, 2.05) is 18.2 Å². The van der Waals surface area contributed by atoms with Crippen LogP contribution in [0.25, 0.3) is 11.4 Å². The van der Waals surface area contributed by atoms with Crippen LogP contribution in [0.1, 0.15) is 29.6 Å². The predicted molar refractivity (Wildman–Crippen MR) is 108 cm³/mol. The van der Waals surface area contributed by atoms with Crippen molar-refractivity contribution in [2.75, 3.05) is 7.11 Å². The average molecular weight is 433 g/mol. The van der Waals surface area contributed by atoms with E-state index in [-0.39, 0.29) is 5.92 Å². The molecular weight excluding hydrogens is 415 g/mol. The van der Waals surface area contributed by atoms with E-state index < -0.39 is 0 Å². The van der Waals surface area contributed by atoms with Crippen LogP contribution in [-0.4, -0.2) is 27.0 Å². The summed E-state index contributed by atoms with van der Waals surface area (Å²) in [6.45, 7) is 2.11. The number of methoxy groups -OCH3 is 1. The topological polar surface area (TPSA) is 86.1 Å². The Morgan fingerprint density at radius 2 is 2.14 bits per heavy atom. The molecule has 0 aliphatic heterocycles. The Morgan fingerprint density at radius 1 is 1.28 bits per heavy atom. The molecule has 9 heteroatoms. The van der Waals surface area contributed by atoms with Crippen molar-refractivity contribution in [1.29, 1.82) is 0 Å². The first kappa shape index (κ1) is 19.5. The molecule has 3 aromatic rings. The number of allylic oxidation sites excluding steroid dienone is 3. The number of nitrogens with zero attached hydrogens (tertiary/aromatic N) is 3. The zero-order valence-corrected chi connectivity index (χ0v) is 17.3. The van der Waals surface area contributed by atoms with Gasteiger partial charge in [0.05, 0.1) is 18.7 Å². The van der Waals surface area contributed by atoms with Gasteiger partial charge in [-0.3, -0.25) is 0 Å². The van der Waals surface area contributed by atoms with Crippen LogP contribution in [-0.2, 0) is 16.1 Å². The molecule has 0 fully saturated rings. The molecule has 7 nitrogen and oxygen atoms in total. The molecule has 0 spiro atoms. The highest BCUT2D eigenvalue weighted by Gasteiger charge is 2.27. The first-order valence-electron chi connectivity index (χ1n) is 8.90. The van der Waals surface area contributed by atoms with Crippen molar-refractivity contribution in [1.82, 2.24) is 19.9 Å². The molecular formula is C20H18Cl2N4O3. The number of H-pyrrole nitrogens is 1. The van der Waals surface area contributed by atoms with E-state index in [1.54, 1.807) is 32.6 Å². The normalized spacial score (nSPS) is 16.3. The second kappa shape index (κ2) is 8.31. The van der Waals surface area contributed by atoms with Gasteiger partial charge in [-0.15, -0.1) is 0 Å². The van der Waals surface area contributed by atoms with E-state index in [1.165, 1.54) is 0 Å². The molecule has 29 heavy (non-hydrogen) atoms. The molecule has 0 aromatic carbocycles. The third kappa shape index (κ3) is 4.31. The van der Waals surface area contributed by atoms with Crippen LogP contribution in [0.4, 0.5) is 0 Å². The summed E-state index contributed by atoms with van der Waals surface area (Å²) >= 11 is 12.3. The van der Waals surface area contributed by atoms with E-state index >= 15 is 0 Å². The number of aryl methyl sites for hydroxylation is 1. The number of ether oxygens (including phenoxy) is 2. The second-order valence-electron chi connectivity index (χ2n) is 6.45. The number of oxazole rings is 1. The molecule has 1 atom stereocenters. The first-order valence-corrected chi connectivity index (χ1v) is 9.66. The Morgan fingerprint density at radius 3 is 2.83 bits per heavy atom. The minimum absolute atomic E-state index is 0.126. The van der Waals surface area contributed by atoms with Gasteiger partial charge < -0.3 is 18.9 Å². The molecule has 1 aliphatic rings. The van der Waals surface area contributed by atoms with Crippen molar-refractivity contribution in [3.63, 3.8) is 0 Å². The fraction of sp³-hybridized carbons (Fsp3) is 0.250. The number of halogens is 2. The Balaban J connectivity index is 1.51. The smallest absolute Gasteiger partial charge is 0.191 e.